The predicted molar refractivity (Wildman–Crippen MR) is 205 cm³/mol. The van der Waals surface area contributed by atoms with Crippen molar-refractivity contribution in [3.63, 3.8) is 0 Å². The second-order valence-electron chi connectivity index (χ2n) is 12.2. The van der Waals surface area contributed by atoms with Crippen molar-refractivity contribution in [2.45, 2.75) is 28.5 Å². The minimum atomic E-state index is -5.04. The first-order chi connectivity index (χ1) is 26.2. The molecule has 56 heavy (non-hydrogen) atoms. The second-order valence-corrected chi connectivity index (χ2v) is 16.3. The fourth-order valence-electron chi connectivity index (χ4n) is 5.58. The Morgan fingerprint density at radius 2 is 1.11 bits per heavy atom. The van der Waals surface area contributed by atoms with Crippen LogP contribution >= 0.6 is 0 Å². The minimum absolute atomic E-state index is 0.129. The molecule has 0 aliphatic heterocycles. The fourth-order valence-corrected chi connectivity index (χ4v) is 7.58. The van der Waals surface area contributed by atoms with Crippen molar-refractivity contribution in [2.24, 2.45) is 30.7 Å². The first-order valence-corrected chi connectivity index (χ1v) is 20.2. The molecule has 0 heterocycles. The van der Waals surface area contributed by atoms with Crippen LogP contribution in [0.25, 0.3) is 21.5 Å². The standard InChI is InChI=1S/C35H29N7O11S3/c1-18-12-29(41-42-34-33(56(50,51)52)15-21-14-32(55(47,48)49)26(36)17-25(21)35(34)43)19(2)11-28(18)40-39-27-10-8-23(16-30(27)53-3)38-37-22-7-9-24-20(13-22)5-4-6-31(24)54(44,45)46/h4-17,43H,36H2,1-3H3,(H,44,45,46)(H,47,48,49)(H,50,51,52). The van der Waals surface area contributed by atoms with E-state index >= 15 is 0 Å². The highest BCUT2D eigenvalue weighted by Gasteiger charge is 2.25. The number of fused-ring (bicyclic) bond motifs is 2. The maximum absolute atomic E-state index is 12.3. The molecule has 0 saturated heterocycles. The molecule has 0 aliphatic rings. The van der Waals surface area contributed by atoms with Crippen molar-refractivity contribution in [2.75, 3.05) is 12.8 Å². The number of nitrogen functional groups attached to an aromatic ring is 1. The van der Waals surface area contributed by atoms with E-state index in [1.165, 1.54) is 25.3 Å². The van der Waals surface area contributed by atoms with Crippen molar-refractivity contribution in [1.82, 2.24) is 0 Å². The van der Waals surface area contributed by atoms with Gasteiger partial charge in [0.1, 0.15) is 31.8 Å². The third-order valence-electron chi connectivity index (χ3n) is 8.32. The van der Waals surface area contributed by atoms with Gasteiger partial charge < -0.3 is 15.6 Å². The van der Waals surface area contributed by atoms with Gasteiger partial charge in [-0.3, -0.25) is 13.7 Å². The molecule has 0 aromatic heterocycles. The summed E-state index contributed by atoms with van der Waals surface area (Å²) in [5, 5.41) is 36.7. The van der Waals surface area contributed by atoms with Gasteiger partial charge in [-0.2, -0.15) is 45.7 Å². The third kappa shape index (κ3) is 8.22. The maximum atomic E-state index is 12.3. The van der Waals surface area contributed by atoms with E-state index < -0.39 is 57.3 Å². The lowest BCUT2D eigenvalue weighted by Crippen LogP contribution is -2.04. The zero-order valence-electron chi connectivity index (χ0n) is 29.2. The fraction of sp³-hybridized carbons (Fsp3) is 0.0857. The number of rotatable bonds is 10. The van der Waals surface area contributed by atoms with E-state index in [0.717, 1.165) is 18.2 Å². The number of aromatic hydroxyl groups is 1. The van der Waals surface area contributed by atoms with E-state index in [-0.39, 0.29) is 21.4 Å². The number of ether oxygens (including phenoxy) is 1. The molecule has 0 bridgehead atoms. The van der Waals surface area contributed by atoms with Gasteiger partial charge in [-0.05, 0) is 96.4 Å². The molecule has 0 fully saturated rings. The lowest BCUT2D eigenvalue weighted by atomic mass is 10.1. The Hall–Kier alpha value is -6.23. The summed E-state index contributed by atoms with van der Waals surface area (Å²) in [5.74, 6) is -0.457. The quantitative estimate of drug-likeness (QED) is 0.0492. The molecule has 0 radical (unpaired) electrons. The Morgan fingerprint density at radius 3 is 1.71 bits per heavy atom. The van der Waals surface area contributed by atoms with E-state index in [1.807, 2.05) is 0 Å². The van der Waals surface area contributed by atoms with E-state index in [9.17, 15) is 44.0 Å². The van der Waals surface area contributed by atoms with Crippen molar-refractivity contribution in [3.05, 3.63) is 96.1 Å². The van der Waals surface area contributed by atoms with E-state index in [1.54, 1.807) is 62.4 Å². The zero-order valence-corrected chi connectivity index (χ0v) is 31.7. The average Bonchev–Trinajstić information content (AvgIpc) is 3.12. The lowest BCUT2D eigenvalue weighted by Gasteiger charge is -2.11. The number of hydrogen-bond acceptors (Lipinski definition) is 15. The number of phenols is 1. The van der Waals surface area contributed by atoms with Crippen LogP contribution in [0.5, 0.6) is 11.5 Å². The Bertz CT molecular complexity index is 3040. The molecule has 0 saturated carbocycles. The molecule has 0 spiro atoms. The van der Waals surface area contributed by atoms with Crippen LogP contribution in [0.1, 0.15) is 11.1 Å². The third-order valence-corrected chi connectivity index (χ3v) is 11.0. The lowest BCUT2D eigenvalue weighted by molar-refractivity contribution is 0.416. The van der Waals surface area contributed by atoms with Crippen molar-refractivity contribution >= 4 is 91.7 Å². The summed E-state index contributed by atoms with van der Waals surface area (Å²) >= 11 is 0. The molecule has 6 aromatic carbocycles. The summed E-state index contributed by atoms with van der Waals surface area (Å²) < 4.78 is 106. The number of azo groups is 3. The Labute approximate surface area is 319 Å². The SMILES string of the molecule is COc1cc(N=Nc2ccc3c(S(=O)(=O)O)cccc3c2)ccc1N=Nc1cc(C)c(N=Nc2c(S(=O)(=O)O)cc3cc(S(=O)(=O)O)c(N)cc3c2O)cc1C. The summed E-state index contributed by atoms with van der Waals surface area (Å²) in [6, 6.07) is 19.9. The van der Waals surface area contributed by atoms with Crippen molar-refractivity contribution < 1.29 is 48.8 Å². The monoisotopic (exact) mass is 819 g/mol. The number of anilines is 1. The molecule has 0 atom stereocenters. The summed E-state index contributed by atoms with van der Waals surface area (Å²) in [4.78, 5) is -1.84. The van der Waals surface area contributed by atoms with Crippen LogP contribution in [0.2, 0.25) is 0 Å². The second kappa shape index (κ2) is 14.8. The van der Waals surface area contributed by atoms with Gasteiger partial charge in [0.05, 0.1) is 35.5 Å². The summed E-state index contributed by atoms with van der Waals surface area (Å²) in [6.45, 7) is 3.37. The van der Waals surface area contributed by atoms with Crippen LogP contribution in [0.3, 0.4) is 0 Å². The molecule has 6 N–H and O–H groups in total. The topological polar surface area (TPSA) is 293 Å². The van der Waals surface area contributed by atoms with Gasteiger partial charge in [0, 0.05) is 16.8 Å². The Kier molecular flexibility index (Phi) is 10.4. The number of nitrogens with zero attached hydrogens (tertiary/aromatic N) is 6. The van der Waals surface area contributed by atoms with Gasteiger partial charge in [-0.15, -0.1) is 10.2 Å². The molecule has 0 amide bonds. The van der Waals surface area contributed by atoms with E-state index in [0.29, 0.717) is 50.4 Å². The van der Waals surface area contributed by atoms with Gasteiger partial charge in [-0.1, -0.05) is 18.2 Å². The van der Waals surface area contributed by atoms with E-state index in [2.05, 4.69) is 30.7 Å². The molecule has 0 unspecified atom stereocenters. The van der Waals surface area contributed by atoms with E-state index in [4.69, 9.17) is 10.5 Å². The molecular weight excluding hydrogens is 791 g/mol. The minimum Gasteiger partial charge on any atom is -0.505 e. The first kappa shape index (κ1) is 39.5. The first-order valence-electron chi connectivity index (χ1n) is 15.8. The summed E-state index contributed by atoms with van der Waals surface area (Å²) in [6.07, 6.45) is 0. The van der Waals surface area contributed by atoms with Gasteiger partial charge >= 0.3 is 0 Å². The average molecular weight is 820 g/mol. The van der Waals surface area contributed by atoms with Crippen molar-refractivity contribution in [3.8, 4) is 11.5 Å². The number of methoxy groups -OCH3 is 1. The Morgan fingerprint density at radius 1 is 0.554 bits per heavy atom. The molecule has 0 aliphatic carbocycles. The van der Waals surface area contributed by atoms with Crippen LogP contribution in [0.15, 0.2) is 130 Å². The summed E-state index contributed by atoms with van der Waals surface area (Å²) in [5.41, 5.74) is 7.60. The molecule has 18 nitrogen and oxygen atoms in total. The molecule has 288 valence electrons. The predicted octanol–water partition coefficient (Wildman–Crippen LogP) is 8.89. The highest BCUT2D eigenvalue weighted by atomic mass is 32.2. The molecule has 6 rings (SSSR count). The highest BCUT2D eigenvalue weighted by molar-refractivity contribution is 7.86. The number of hydrogen-bond donors (Lipinski definition) is 5. The van der Waals surface area contributed by atoms with Crippen molar-refractivity contribution in [1.29, 1.82) is 0 Å². The van der Waals surface area contributed by atoms with Crippen LogP contribution in [-0.4, -0.2) is 51.1 Å². The van der Waals surface area contributed by atoms with Crippen LogP contribution in [0, 0.1) is 13.8 Å². The van der Waals surface area contributed by atoms with Gasteiger partial charge in [-0.25, -0.2) is 0 Å². The Balaban J connectivity index is 1.26. The van der Waals surface area contributed by atoms with Gasteiger partial charge in [0.25, 0.3) is 30.4 Å². The number of aryl methyl sites for hydroxylation is 2. The largest absolute Gasteiger partial charge is 0.505 e. The van der Waals surface area contributed by atoms with Crippen LogP contribution in [-0.2, 0) is 30.4 Å². The van der Waals surface area contributed by atoms with Crippen LogP contribution < -0.4 is 10.5 Å². The molecule has 21 heteroatoms. The number of nitrogens with two attached hydrogens (primary N) is 1. The number of phenolic OH excluding ortho intramolecular Hbond substituents is 1. The van der Waals surface area contributed by atoms with Crippen LogP contribution in [0.4, 0.5) is 39.8 Å². The zero-order chi connectivity index (χ0) is 40.7. The van der Waals surface area contributed by atoms with Gasteiger partial charge in [0.15, 0.2) is 5.75 Å². The molecular formula is C35H29N7O11S3. The highest BCUT2D eigenvalue weighted by Crippen LogP contribution is 2.44. The smallest absolute Gasteiger partial charge is 0.296 e. The summed E-state index contributed by atoms with van der Waals surface area (Å²) in [7, 11) is -12.8. The molecule has 6 aromatic rings. The maximum Gasteiger partial charge on any atom is 0.296 e. The number of benzene rings is 6. The normalized spacial score (nSPS) is 12.8. The van der Waals surface area contributed by atoms with Gasteiger partial charge in [0.2, 0.25) is 0 Å².